The molecule has 4 rings (SSSR count). The number of morpholine rings is 1. The van der Waals surface area contributed by atoms with Gasteiger partial charge >= 0.3 is 5.97 Å². The summed E-state index contributed by atoms with van der Waals surface area (Å²) in [4.78, 5) is 23.7. The molecule has 0 amide bonds. The van der Waals surface area contributed by atoms with E-state index in [1.54, 1.807) is 0 Å². The molecule has 1 aromatic heterocycles. The van der Waals surface area contributed by atoms with Crippen LogP contribution in [-0.4, -0.2) is 61.1 Å². The van der Waals surface area contributed by atoms with E-state index in [9.17, 15) is 4.79 Å². The van der Waals surface area contributed by atoms with Crippen molar-refractivity contribution in [2.24, 2.45) is 0 Å². The Labute approximate surface area is 230 Å². The number of esters is 1. The number of nitrogens with one attached hydrogen (secondary N) is 1. The lowest BCUT2D eigenvalue weighted by Gasteiger charge is -2.29. The highest BCUT2D eigenvalue weighted by molar-refractivity contribution is 5.96. The average molecular weight is 537 g/mol. The molecule has 0 spiro atoms. The number of nitrogens with zero attached hydrogens (tertiary/aromatic N) is 3. The monoisotopic (exact) mass is 536 g/mol. The summed E-state index contributed by atoms with van der Waals surface area (Å²) < 4.78 is 22.9. The predicted molar refractivity (Wildman–Crippen MR) is 153 cm³/mol. The number of carbonyl (C=O) groups excluding carboxylic acids is 1. The van der Waals surface area contributed by atoms with Gasteiger partial charge < -0.3 is 29.2 Å². The maximum atomic E-state index is 12.4. The second-order valence-corrected chi connectivity index (χ2v) is 10.7. The minimum absolute atomic E-state index is 0.0454. The Morgan fingerprint density at radius 3 is 2.67 bits per heavy atom. The molecule has 0 aliphatic carbocycles. The lowest BCUT2D eigenvalue weighted by molar-refractivity contribution is -0.157. The Morgan fingerprint density at radius 1 is 1.13 bits per heavy atom. The van der Waals surface area contributed by atoms with Gasteiger partial charge in [0.2, 0.25) is 0 Å². The van der Waals surface area contributed by atoms with Crippen LogP contribution in [0.5, 0.6) is 11.5 Å². The van der Waals surface area contributed by atoms with Crippen LogP contribution in [0.2, 0.25) is 0 Å². The SMILES string of the molecule is CCCCOc1cccc([C@@H](C)Nc2ncnc3c(OCC(=O)OC(C)(C)C)cc(N4CCOCC4)cc23)c1. The number of unbranched alkanes of at least 4 members (excludes halogenated alkanes) is 1. The summed E-state index contributed by atoms with van der Waals surface area (Å²) in [5, 5.41) is 4.36. The molecular formula is C30H40N4O5. The normalized spacial score (nSPS) is 14.6. The highest BCUT2D eigenvalue weighted by Crippen LogP contribution is 2.35. The Kier molecular flexibility index (Phi) is 9.45. The van der Waals surface area contributed by atoms with Crippen LogP contribution in [0.3, 0.4) is 0 Å². The first-order valence-corrected chi connectivity index (χ1v) is 13.7. The first-order valence-electron chi connectivity index (χ1n) is 13.7. The second kappa shape index (κ2) is 13.0. The fourth-order valence-electron chi connectivity index (χ4n) is 4.35. The number of ether oxygens (including phenoxy) is 4. The van der Waals surface area contributed by atoms with Crippen LogP contribution in [0.15, 0.2) is 42.7 Å². The topological polar surface area (TPSA) is 95.0 Å². The van der Waals surface area contributed by atoms with Gasteiger partial charge in [-0.3, -0.25) is 0 Å². The van der Waals surface area contributed by atoms with Gasteiger partial charge in [-0.05, 0) is 57.9 Å². The van der Waals surface area contributed by atoms with E-state index in [1.165, 1.54) is 6.33 Å². The molecule has 0 unspecified atom stereocenters. The summed E-state index contributed by atoms with van der Waals surface area (Å²) in [5.41, 5.74) is 2.08. The van der Waals surface area contributed by atoms with Crippen LogP contribution in [0, 0.1) is 0 Å². The summed E-state index contributed by atoms with van der Waals surface area (Å²) >= 11 is 0. The maximum Gasteiger partial charge on any atom is 0.344 e. The van der Waals surface area contributed by atoms with E-state index >= 15 is 0 Å². The lowest BCUT2D eigenvalue weighted by atomic mass is 10.1. The number of hydrogen-bond donors (Lipinski definition) is 1. The molecule has 210 valence electrons. The number of rotatable bonds is 11. The molecule has 1 aliphatic rings. The molecule has 0 radical (unpaired) electrons. The molecule has 9 heteroatoms. The van der Waals surface area contributed by atoms with E-state index in [0.717, 1.165) is 48.3 Å². The molecule has 0 bridgehead atoms. The third-order valence-corrected chi connectivity index (χ3v) is 6.31. The zero-order valence-electron chi connectivity index (χ0n) is 23.7. The molecule has 1 N–H and O–H groups in total. The van der Waals surface area contributed by atoms with Gasteiger partial charge in [-0.1, -0.05) is 25.5 Å². The maximum absolute atomic E-state index is 12.4. The Balaban J connectivity index is 1.63. The first kappa shape index (κ1) is 28.4. The standard InChI is InChI=1S/C30H40N4O5/c1-6-7-13-37-24-10-8-9-22(16-24)21(2)33-29-25-17-23(34-11-14-36-15-12-34)18-26(28(25)31-20-32-29)38-19-27(35)39-30(3,4)5/h8-10,16-18,20-21H,6-7,11-15,19H2,1-5H3,(H,31,32,33)/t21-/m1/s1. The number of hydrogen-bond acceptors (Lipinski definition) is 9. The van der Waals surface area contributed by atoms with E-state index in [4.69, 9.17) is 18.9 Å². The van der Waals surface area contributed by atoms with E-state index in [1.807, 2.05) is 39.0 Å². The van der Waals surface area contributed by atoms with Gasteiger partial charge in [0.25, 0.3) is 0 Å². The number of benzene rings is 2. The third kappa shape index (κ3) is 7.95. The molecule has 9 nitrogen and oxygen atoms in total. The molecule has 3 aromatic rings. The van der Waals surface area contributed by atoms with Crippen LogP contribution >= 0.6 is 0 Å². The van der Waals surface area contributed by atoms with Crippen molar-refractivity contribution in [2.75, 3.05) is 49.7 Å². The average Bonchev–Trinajstić information content (AvgIpc) is 2.92. The van der Waals surface area contributed by atoms with Crippen LogP contribution in [-0.2, 0) is 14.3 Å². The van der Waals surface area contributed by atoms with Gasteiger partial charge in [0.15, 0.2) is 6.61 Å². The van der Waals surface area contributed by atoms with E-state index in [-0.39, 0.29) is 12.6 Å². The minimum Gasteiger partial charge on any atom is -0.494 e. The first-order chi connectivity index (χ1) is 18.7. The van der Waals surface area contributed by atoms with Crippen molar-refractivity contribution < 1.29 is 23.7 Å². The van der Waals surface area contributed by atoms with Gasteiger partial charge in [-0.2, -0.15) is 0 Å². The molecular weight excluding hydrogens is 496 g/mol. The number of carbonyl (C=O) groups is 1. The summed E-state index contributed by atoms with van der Waals surface area (Å²) in [6.45, 7) is 13.0. The molecule has 1 atom stereocenters. The lowest BCUT2D eigenvalue weighted by Crippen LogP contribution is -2.36. The smallest absolute Gasteiger partial charge is 0.344 e. The van der Waals surface area contributed by atoms with Crippen molar-refractivity contribution in [1.82, 2.24) is 9.97 Å². The van der Waals surface area contributed by atoms with Gasteiger partial charge in [0.05, 0.1) is 25.9 Å². The number of anilines is 2. The molecule has 1 fully saturated rings. The summed E-state index contributed by atoms with van der Waals surface area (Å²) in [6, 6.07) is 12.1. The summed E-state index contributed by atoms with van der Waals surface area (Å²) in [6.07, 6.45) is 3.62. The Bertz CT molecular complexity index is 1250. The predicted octanol–water partition coefficient (Wildman–Crippen LogP) is 5.54. The minimum atomic E-state index is -0.591. The quantitative estimate of drug-likeness (QED) is 0.250. The molecule has 2 aromatic carbocycles. The molecule has 1 aliphatic heterocycles. The fraction of sp³-hybridized carbons (Fsp3) is 0.500. The highest BCUT2D eigenvalue weighted by atomic mass is 16.6. The zero-order chi connectivity index (χ0) is 27.8. The van der Waals surface area contributed by atoms with Crippen LogP contribution in [0.25, 0.3) is 10.9 Å². The second-order valence-electron chi connectivity index (χ2n) is 10.7. The Hall–Kier alpha value is -3.59. The van der Waals surface area contributed by atoms with Gasteiger partial charge in [0, 0.05) is 30.2 Å². The summed E-state index contributed by atoms with van der Waals surface area (Å²) in [7, 11) is 0. The molecule has 1 saturated heterocycles. The van der Waals surface area contributed by atoms with Crippen molar-refractivity contribution in [1.29, 1.82) is 0 Å². The molecule has 39 heavy (non-hydrogen) atoms. The molecule has 2 heterocycles. The number of aromatic nitrogens is 2. The van der Waals surface area contributed by atoms with E-state index < -0.39 is 11.6 Å². The zero-order valence-corrected chi connectivity index (χ0v) is 23.7. The van der Waals surface area contributed by atoms with E-state index in [0.29, 0.717) is 36.9 Å². The van der Waals surface area contributed by atoms with E-state index in [2.05, 4.69) is 52.2 Å². The van der Waals surface area contributed by atoms with Gasteiger partial charge in [0.1, 0.15) is 34.8 Å². The van der Waals surface area contributed by atoms with Gasteiger partial charge in [-0.15, -0.1) is 0 Å². The van der Waals surface area contributed by atoms with Crippen LogP contribution in [0.4, 0.5) is 11.5 Å². The number of fused-ring (bicyclic) bond motifs is 1. The van der Waals surface area contributed by atoms with Crippen molar-refractivity contribution in [2.45, 2.75) is 59.1 Å². The van der Waals surface area contributed by atoms with Crippen molar-refractivity contribution >= 4 is 28.4 Å². The fourth-order valence-corrected chi connectivity index (χ4v) is 4.35. The van der Waals surface area contributed by atoms with Crippen LogP contribution in [0.1, 0.15) is 59.1 Å². The highest BCUT2D eigenvalue weighted by Gasteiger charge is 2.21. The third-order valence-electron chi connectivity index (χ3n) is 6.31. The Morgan fingerprint density at radius 2 is 1.92 bits per heavy atom. The summed E-state index contributed by atoms with van der Waals surface area (Å²) in [5.74, 6) is 1.61. The largest absolute Gasteiger partial charge is 0.494 e. The van der Waals surface area contributed by atoms with Crippen LogP contribution < -0.4 is 19.7 Å². The van der Waals surface area contributed by atoms with Crippen molar-refractivity contribution in [3.05, 3.63) is 48.3 Å². The van der Waals surface area contributed by atoms with Gasteiger partial charge in [-0.25, -0.2) is 14.8 Å². The van der Waals surface area contributed by atoms with Crippen molar-refractivity contribution in [3.8, 4) is 11.5 Å². The molecule has 0 saturated carbocycles. The van der Waals surface area contributed by atoms with Crippen molar-refractivity contribution in [3.63, 3.8) is 0 Å².